The number of hydrogen-bond acceptors (Lipinski definition) is 4. The maximum absolute atomic E-state index is 13.1. The minimum atomic E-state index is -0.277. The quantitative estimate of drug-likeness (QED) is 0.391. The number of nitrogens with zero attached hydrogens (tertiary/aromatic N) is 5. The molecular formula is C27H23Cl2N5O. The summed E-state index contributed by atoms with van der Waals surface area (Å²) >= 11 is 12.2. The maximum Gasteiger partial charge on any atom is 0.347 e. The fraction of sp³-hybridized carbons (Fsp3) is 0.222. The fourth-order valence-corrected chi connectivity index (χ4v) is 5.56. The van der Waals surface area contributed by atoms with E-state index in [0.717, 1.165) is 29.7 Å². The second kappa shape index (κ2) is 8.40. The molecule has 35 heavy (non-hydrogen) atoms. The minimum absolute atomic E-state index is 0.189. The van der Waals surface area contributed by atoms with Gasteiger partial charge >= 0.3 is 5.69 Å². The Hall–Kier alpha value is -3.35. The molecular weight excluding hydrogens is 481 g/mol. The van der Waals surface area contributed by atoms with Crippen molar-refractivity contribution in [2.75, 3.05) is 11.6 Å². The first-order valence-electron chi connectivity index (χ1n) is 11.5. The zero-order chi connectivity index (χ0) is 24.2. The molecule has 1 atom stereocenters. The monoisotopic (exact) mass is 503 g/mol. The van der Waals surface area contributed by atoms with Crippen molar-refractivity contribution in [1.82, 2.24) is 14.3 Å². The van der Waals surface area contributed by atoms with E-state index in [4.69, 9.17) is 33.4 Å². The Morgan fingerprint density at radius 3 is 2.37 bits per heavy atom. The molecule has 2 heterocycles. The first-order chi connectivity index (χ1) is 16.9. The molecule has 4 aromatic rings. The molecule has 176 valence electrons. The Bertz CT molecular complexity index is 1500. The molecule has 0 N–H and O–H groups in total. The largest absolute Gasteiger partial charge is 0.347 e. The van der Waals surface area contributed by atoms with Gasteiger partial charge in [-0.25, -0.2) is 14.5 Å². The van der Waals surface area contributed by atoms with Gasteiger partial charge in [-0.3, -0.25) is 4.57 Å². The fourth-order valence-electron chi connectivity index (χ4n) is 5.30. The van der Waals surface area contributed by atoms with Gasteiger partial charge < -0.3 is 0 Å². The van der Waals surface area contributed by atoms with Gasteiger partial charge in [0.15, 0.2) is 0 Å². The summed E-state index contributed by atoms with van der Waals surface area (Å²) in [5, 5.41) is 13.0. The van der Waals surface area contributed by atoms with Gasteiger partial charge in [0.05, 0.1) is 24.2 Å². The summed E-state index contributed by atoms with van der Waals surface area (Å²) in [6.07, 6.45) is 1.93. The predicted molar refractivity (Wildman–Crippen MR) is 140 cm³/mol. The Kier molecular flexibility index (Phi) is 5.31. The highest BCUT2D eigenvalue weighted by molar-refractivity contribution is 6.31. The van der Waals surface area contributed by atoms with Crippen LogP contribution in [-0.4, -0.2) is 26.6 Å². The van der Waals surface area contributed by atoms with Gasteiger partial charge in [0.2, 0.25) is 5.95 Å². The molecule has 1 aliphatic heterocycles. The average Bonchev–Trinajstić information content (AvgIpc) is 3.52. The van der Waals surface area contributed by atoms with Gasteiger partial charge in [-0.15, -0.1) is 5.10 Å². The Morgan fingerprint density at radius 1 is 0.943 bits per heavy atom. The molecule has 6 nitrogen and oxygen atoms in total. The highest BCUT2D eigenvalue weighted by atomic mass is 35.5. The zero-order valence-electron chi connectivity index (χ0n) is 19.2. The van der Waals surface area contributed by atoms with E-state index >= 15 is 0 Å². The molecule has 0 bridgehead atoms. The van der Waals surface area contributed by atoms with Crippen LogP contribution in [0.1, 0.15) is 28.7 Å². The second-order valence-corrected chi connectivity index (χ2v) is 10.1. The molecule has 8 heteroatoms. The van der Waals surface area contributed by atoms with Gasteiger partial charge in [-0.1, -0.05) is 71.7 Å². The van der Waals surface area contributed by atoms with Crippen molar-refractivity contribution in [3.63, 3.8) is 0 Å². The molecule has 1 aliphatic carbocycles. The van der Waals surface area contributed by atoms with Crippen LogP contribution in [0.15, 0.2) is 82.7 Å². The number of aryl methyl sites for hydroxylation is 1. The molecule has 0 saturated carbocycles. The third-order valence-electron chi connectivity index (χ3n) is 7.06. The van der Waals surface area contributed by atoms with Gasteiger partial charge in [-0.2, -0.15) is 5.10 Å². The first kappa shape index (κ1) is 22.1. The van der Waals surface area contributed by atoms with Crippen molar-refractivity contribution in [1.29, 1.82) is 0 Å². The topological polar surface area (TPSA) is 55.4 Å². The van der Waals surface area contributed by atoms with Crippen LogP contribution < -0.4 is 10.7 Å². The van der Waals surface area contributed by atoms with Crippen molar-refractivity contribution < 1.29 is 0 Å². The van der Waals surface area contributed by atoms with Crippen LogP contribution in [0.25, 0.3) is 0 Å². The number of aromatic nitrogens is 3. The Labute approximate surface area is 213 Å². The molecule has 0 saturated heterocycles. The van der Waals surface area contributed by atoms with E-state index in [0.29, 0.717) is 29.1 Å². The van der Waals surface area contributed by atoms with Crippen LogP contribution in [0, 0.1) is 0 Å². The van der Waals surface area contributed by atoms with Gasteiger partial charge in [0, 0.05) is 17.1 Å². The zero-order valence-corrected chi connectivity index (χ0v) is 20.7. The number of fused-ring (bicyclic) bond motifs is 2. The van der Waals surface area contributed by atoms with E-state index in [1.165, 1.54) is 15.8 Å². The molecule has 3 aromatic carbocycles. The molecule has 6 rings (SSSR count). The van der Waals surface area contributed by atoms with Crippen molar-refractivity contribution in [3.8, 4) is 0 Å². The standard InChI is InChI=1S/C27H23Cl2N5O/c1-32-25(31-33(26(32)35)16-18-6-10-21(28)11-7-18)34-17-27(15-14-19-4-2-3-5-23(19)27)24(30-34)20-8-12-22(29)13-9-20/h2-13H,14-17H2,1H3/t27-/m1/s1. The third-order valence-corrected chi connectivity index (χ3v) is 7.56. The van der Waals surface area contributed by atoms with Crippen LogP contribution in [0.2, 0.25) is 10.0 Å². The summed E-state index contributed by atoms with van der Waals surface area (Å²) < 4.78 is 3.04. The molecule has 1 spiro atoms. The van der Waals surface area contributed by atoms with Crippen LogP contribution in [0.5, 0.6) is 0 Å². The first-order valence-corrected chi connectivity index (χ1v) is 12.3. The number of anilines is 1. The number of hydrogen-bond donors (Lipinski definition) is 0. The van der Waals surface area contributed by atoms with E-state index in [-0.39, 0.29) is 11.1 Å². The number of benzene rings is 3. The van der Waals surface area contributed by atoms with Crippen molar-refractivity contribution >= 4 is 34.9 Å². The second-order valence-electron chi connectivity index (χ2n) is 9.18. The summed E-state index contributed by atoms with van der Waals surface area (Å²) in [7, 11) is 1.74. The van der Waals surface area contributed by atoms with E-state index in [1.807, 2.05) is 53.5 Å². The van der Waals surface area contributed by atoms with Gasteiger partial charge in [-0.05, 0) is 59.4 Å². The molecule has 0 fully saturated rings. The maximum atomic E-state index is 13.1. The smallest absolute Gasteiger partial charge is 0.263 e. The third kappa shape index (κ3) is 3.68. The van der Waals surface area contributed by atoms with E-state index in [1.54, 1.807) is 11.6 Å². The summed E-state index contributed by atoms with van der Waals surface area (Å²) in [6, 6.07) is 23.8. The Balaban J connectivity index is 1.43. The SMILES string of the molecule is Cn1c(N2C[C@@]3(CCc4ccccc43)C(c3ccc(Cl)cc3)=N2)nn(Cc2ccc(Cl)cc2)c1=O. The lowest BCUT2D eigenvalue weighted by atomic mass is 9.75. The minimum Gasteiger partial charge on any atom is -0.263 e. The van der Waals surface area contributed by atoms with Crippen LogP contribution in [-0.2, 0) is 25.4 Å². The normalized spacial score (nSPS) is 18.8. The van der Waals surface area contributed by atoms with E-state index in [9.17, 15) is 4.79 Å². The lowest BCUT2D eigenvalue weighted by molar-refractivity contribution is 0.581. The van der Waals surface area contributed by atoms with Gasteiger partial charge in [0.1, 0.15) is 0 Å². The van der Waals surface area contributed by atoms with Gasteiger partial charge in [0.25, 0.3) is 0 Å². The Morgan fingerprint density at radius 2 is 1.63 bits per heavy atom. The van der Waals surface area contributed by atoms with E-state index in [2.05, 4.69) is 24.3 Å². The van der Waals surface area contributed by atoms with Crippen LogP contribution in [0.4, 0.5) is 5.95 Å². The molecule has 0 radical (unpaired) electrons. The highest BCUT2D eigenvalue weighted by Crippen LogP contribution is 2.46. The lowest BCUT2D eigenvalue weighted by Gasteiger charge is -2.27. The number of hydrazone groups is 1. The number of halogens is 2. The average molecular weight is 504 g/mol. The summed E-state index contributed by atoms with van der Waals surface area (Å²) in [4.78, 5) is 13.1. The van der Waals surface area contributed by atoms with Crippen molar-refractivity contribution in [2.45, 2.75) is 24.8 Å². The predicted octanol–water partition coefficient (Wildman–Crippen LogP) is 5.05. The van der Waals surface area contributed by atoms with E-state index < -0.39 is 0 Å². The lowest BCUT2D eigenvalue weighted by Crippen LogP contribution is -2.37. The molecule has 0 amide bonds. The number of rotatable bonds is 4. The van der Waals surface area contributed by atoms with Crippen molar-refractivity contribution in [3.05, 3.63) is 116 Å². The van der Waals surface area contributed by atoms with Crippen molar-refractivity contribution in [2.24, 2.45) is 12.1 Å². The summed E-state index contributed by atoms with van der Waals surface area (Å²) in [5.41, 5.74) is 5.14. The summed E-state index contributed by atoms with van der Waals surface area (Å²) in [5.74, 6) is 0.525. The highest BCUT2D eigenvalue weighted by Gasteiger charge is 2.49. The summed E-state index contributed by atoms with van der Waals surface area (Å²) in [6.45, 7) is 0.979. The van der Waals surface area contributed by atoms with Crippen LogP contribution in [0.3, 0.4) is 0 Å². The molecule has 0 unspecified atom stereocenters. The molecule has 1 aromatic heterocycles. The molecule has 2 aliphatic rings. The van der Waals surface area contributed by atoms with Crippen LogP contribution >= 0.6 is 23.2 Å².